The Hall–Kier alpha value is -1.23. The monoisotopic (exact) mass is 227 g/mol. The Balaban J connectivity index is 1.97. The molecule has 0 aromatic heterocycles. The highest BCUT2D eigenvalue weighted by atomic mass is 16.6. The minimum atomic E-state index is -0.442. The van der Waals surface area contributed by atoms with Crippen molar-refractivity contribution in [1.82, 2.24) is 4.90 Å². The molecule has 90 valence electrons. The van der Waals surface area contributed by atoms with Crippen LogP contribution in [-0.4, -0.2) is 48.3 Å². The maximum atomic E-state index is 11.9. The Kier molecular flexibility index (Phi) is 3.33. The Morgan fingerprint density at radius 1 is 1.56 bits per heavy atom. The van der Waals surface area contributed by atoms with Crippen molar-refractivity contribution in [3.05, 3.63) is 12.0 Å². The fraction of sp³-hybridized carbons (Fsp3) is 0.727. The van der Waals surface area contributed by atoms with Crippen molar-refractivity contribution in [2.24, 2.45) is 5.92 Å². The summed E-state index contributed by atoms with van der Waals surface area (Å²) >= 11 is 0. The minimum Gasteiger partial charge on any atom is -0.494 e. The van der Waals surface area contributed by atoms with Crippen molar-refractivity contribution in [3.63, 3.8) is 0 Å². The average Bonchev–Trinajstić information content (AvgIpc) is 2.33. The van der Waals surface area contributed by atoms with Gasteiger partial charge < -0.3 is 19.5 Å². The van der Waals surface area contributed by atoms with Gasteiger partial charge in [0.2, 0.25) is 5.76 Å². The van der Waals surface area contributed by atoms with E-state index in [1.165, 1.54) is 6.26 Å². The van der Waals surface area contributed by atoms with Crippen LogP contribution in [0.3, 0.4) is 0 Å². The van der Waals surface area contributed by atoms with Gasteiger partial charge in [0.1, 0.15) is 19.5 Å². The second-order valence-electron chi connectivity index (χ2n) is 4.29. The Bertz CT molecular complexity index is 302. The Morgan fingerprint density at radius 2 is 2.38 bits per heavy atom. The molecule has 1 fully saturated rings. The van der Waals surface area contributed by atoms with Crippen LogP contribution in [0.15, 0.2) is 12.0 Å². The van der Waals surface area contributed by atoms with E-state index in [0.717, 1.165) is 6.42 Å². The highest BCUT2D eigenvalue weighted by Crippen LogP contribution is 2.19. The predicted octanol–water partition coefficient (Wildman–Crippen LogP) is 0.104. The number of amides is 1. The maximum absolute atomic E-state index is 11.9. The number of piperidine rings is 1. The van der Waals surface area contributed by atoms with Crippen molar-refractivity contribution in [1.29, 1.82) is 0 Å². The Labute approximate surface area is 94.6 Å². The lowest BCUT2D eigenvalue weighted by atomic mass is 9.96. The number of carbonyl (C=O) groups is 1. The van der Waals surface area contributed by atoms with Crippen molar-refractivity contribution in [2.45, 2.75) is 19.4 Å². The third kappa shape index (κ3) is 2.29. The number of hydrogen-bond acceptors (Lipinski definition) is 4. The molecule has 0 aromatic carbocycles. The van der Waals surface area contributed by atoms with E-state index >= 15 is 0 Å². The van der Waals surface area contributed by atoms with Gasteiger partial charge >= 0.3 is 0 Å². The van der Waals surface area contributed by atoms with Gasteiger partial charge in [-0.25, -0.2) is 0 Å². The number of ether oxygens (including phenoxy) is 2. The molecule has 2 aliphatic heterocycles. The summed E-state index contributed by atoms with van der Waals surface area (Å²) in [5, 5.41) is 9.71. The smallest absolute Gasteiger partial charge is 0.292 e. The van der Waals surface area contributed by atoms with Gasteiger partial charge in [0.05, 0.1) is 6.10 Å². The molecule has 0 bridgehead atoms. The molecular weight excluding hydrogens is 210 g/mol. The first-order valence-electron chi connectivity index (χ1n) is 5.60. The molecule has 16 heavy (non-hydrogen) atoms. The molecule has 0 saturated carbocycles. The van der Waals surface area contributed by atoms with E-state index in [4.69, 9.17) is 9.47 Å². The van der Waals surface area contributed by atoms with E-state index in [0.29, 0.717) is 26.3 Å². The normalized spacial score (nSPS) is 30.1. The first kappa shape index (κ1) is 11.3. The molecule has 2 heterocycles. The number of nitrogens with zero attached hydrogens (tertiary/aromatic N) is 1. The molecule has 0 aromatic rings. The zero-order valence-electron chi connectivity index (χ0n) is 9.39. The van der Waals surface area contributed by atoms with Crippen LogP contribution in [0.1, 0.15) is 13.3 Å². The second kappa shape index (κ2) is 4.74. The summed E-state index contributed by atoms with van der Waals surface area (Å²) in [6, 6.07) is 0. The van der Waals surface area contributed by atoms with Crippen LogP contribution in [0.5, 0.6) is 0 Å². The summed E-state index contributed by atoms with van der Waals surface area (Å²) in [6.07, 6.45) is 1.74. The van der Waals surface area contributed by atoms with Gasteiger partial charge in [0.15, 0.2) is 0 Å². The molecule has 2 atom stereocenters. The number of rotatable bonds is 1. The van der Waals surface area contributed by atoms with Gasteiger partial charge in [-0.2, -0.15) is 0 Å². The predicted molar refractivity (Wildman–Crippen MR) is 56.4 cm³/mol. The largest absolute Gasteiger partial charge is 0.494 e. The van der Waals surface area contributed by atoms with E-state index in [1.807, 2.05) is 6.92 Å². The van der Waals surface area contributed by atoms with Crippen LogP contribution in [0.2, 0.25) is 0 Å². The lowest BCUT2D eigenvalue weighted by Gasteiger charge is -2.34. The molecular formula is C11H17NO4. The summed E-state index contributed by atoms with van der Waals surface area (Å²) in [5.74, 6) is 0.306. The number of hydrogen-bond donors (Lipinski definition) is 1. The SMILES string of the molecule is CC1CCN(C(=O)C2=COCCO2)CC1O. The lowest BCUT2D eigenvalue weighted by molar-refractivity contribution is -0.136. The standard InChI is InChI=1S/C11H17NO4/c1-8-2-3-12(6-9(8)13)11(14)10-7-15-4-5-16-10/h7-9,13H,2-6H2,1H3. The van der Waals surface area contributed by atoms with Crippen LogP contribution >= 0.6 is 0 Å². The van der Waals surface area contributed by atoms with Crippen LogP contribution in [0.4, 0.5) is 0 Å². The van der Waals surface area contributed by atoms with Gasteiger partial charge in [-0.15, -0.1) is 0 Å². The summed E-state index contributed by atoms with van der Waals surface area (Å²) in [7, 11) is 0. The van der Waals surface area contributed by atoms with Crippen molar-refractivity contribution in [3.8, 4) is 0 Å². The highest BCUT2D eigenvalue weighted by molar-refractivity contribution is 5.91. The topological polar surface area (TPSA) is 59.0 Å². The highest BCUT2D eigenvalue weighted by Gasteiger charge is 2.30. The van der Waals surface area contributed by atoms with Crippen LogP contribution in [-0.2, 0) is 14.3 Å². The summed E-state index contributed by atoms with van der Waals surface area (Å²) in [6.45, 7) is 3.92. The lowest BCUT2D eigenvalue weighted by Crippen LogP contribution is -2.46. The zero-order valence-corrected chi connectivity index (χ0v) is 9.39. The third-order valence-corrected chi connectivity index (χ3v) is 3.07. The molecule has 5 nitrogen and oxygen atoms in total. The number of β-amino-alcohol motifs (C(OH)–C–C–N with tert-alkyl or cyclic N) is 1. The van der Waals surface area contributed by atoms with Gasteiger partial charge in [-0.3, -0.25) is 4.79 Å². The van der Waals surface area contributed by atoms with E-state index in [1.54, 1.807) is 4.90 Å². The molecule has 1 saturated heterocycles. The van der Waals surface area contributed by atoms with E-state index in [9.17, 15) is 9.90 Å². The molecule has 0 aliphatic carbocycles. The molecule has 5 heteroatoms. The van der Waals surface area contributed by atoms with Crippen molar-refractivity contribution in [2.75, 3.05) is 26.3 Å². The third-order valence-electron chi connectivity index (χ3n) is 3.07. The van der Waals surface area contributed by atoms with Crippen LogP contribution < -0.4 is 0 Å². The molecule has 1 amide bonds. The van der Waals surface area contributed by atoms with E-state index < -0.39 is 6.10 Å². The van der Waals surface area contributed by atoms with Gasteiger partial charge in [0, 0.05) is 13.1 Å². The molecule has 0 spiro atoms. The number of carbonyl (C=O) groups excluding carboxylic acids is 1. The van der Waals surface area contributed by atoms with Crippen molar-refractivity contribution >= 4 is 5.91 Å². The summed E-state index contributed by atoms with van der Waals surface area (Å²) in [4.78, 5) is 13.6. The first-order chi connectivity index (χ1) is 7.68. The molecule has 2 unspecified atom stereocenters. The molecule has 0 radical (unpaired) electrons. The van der Waals surface area contributed by atoms with Crippen molar-refractivity contribution < 1.29 is 19.4 Å². The number of aliphatic hydroxyl groups is 1. The second-order valence-corrected chi connectivity index (χ2v) is 4.29. The van der Waals surface area contributed by atoms with E-state index in [2.05, 4.69) is 0 Å². The fourth-order valence-corrected chi connectivity index (χ4v) is 1.87. The van der Waals surface area contributed by atoms with Gasteiger partial charge in [0.25, 0.3) is 5.91 Å². The van der Waals surface area contributed by atoms with Gasteiger partial charge in [-0.1, -0.05) is 6.92 Å². The fourth-order valence-electron chi connectivity index (χ4n) is 1.87. The number of aliphatic hydroxyl groups excluding tert-OH is 1. The maximum Gasteiger partial charge on any atom is 0.292 e. The quantitative estimate of drug-likeness (QED) is 0.690. The van der Waals surface area contributed by atoms with E-state index in [-0.39, 0.29) is 17.6 Å². The summed E-state index contributed by atoms with van der Waals surface area (Å²) in [5.41, 5.74) is 0. The zero-order chi connectivity index (χ0) is 11.5. The summed E-state index contributed by atoms with van der Waals surface area (Å²) < 4.78 is 10.3. The van der Waals surface area contributed by atoms with Gasteiger partial charge in [-0.05, 0) is 12.3 Å². The number of likely N-dealkylation sites (tertiary alicyclic amines) is 1. The average molecular weight is 227 g/mol. The van der Waals surface area contributed by atoms with Crippen LogP contribution in [0, 0.1) is 5.92 Å². The minimum absolute atomic E-state index is 0.189. The Morgan fingerprint density at radius 3 is 3.00 bits per heavy atom. The molecule has 2 rings (SSSR count). The van der Waals surface area contributed by atoms with Crippen LogP contribution in [0.25, 0.3) is 0 Å². The molecule has 2 aliphatic rings. The molecule has 1 N–H and O–H groups in total. The first-order valence-corrected chi connectivity index (χ1v) is 5.60.